The summed E-state index contributed by atoms with van der Waals surface area (Å²) >= 11 is 11.7. The Balaban J connectivity index is 1.82. The van der Waals surface area contributed by atoms with Crippen molar-refractivity contribution in [2.45, 2.75) is 57.9 Å². The second-order valence-electron chi connectivity index (χ2n) is 6.35. The molecular formula is C18H23Cl2N3O2. The predicted molar refractivity (Wildman–Crippen MR) is 101 cm³/mol. The van der Waals surface area contributed by atoms with Gasteiger partial charge in [0.15, 0.2) is 0 Å². The number of carbonyl (C=O) groups is 2. The van der Waals surface area contributed by atoms with E-state index in [0.717, 1.165) is 25.7 Å². The highest BCUT2D eigenvalue weighted by molar-refractivity contribution is 6.42. The molecule has 0 aliphatic heterocycles. The highest BCUT2D eigenvalue weighted by Crippen LogP contribution is 2.22. The van der Waals surface area contributed by atoms with Gasteiger partial charge in [0.25, 0.3) is 5.91 Å². The lowest BCUT2D eigenvalue weighted by Gasteiger charge is -2.16. The Morgan fingerprint density at radius 3 is 2.44 bits per heavy atom. The molecule has 25 heavy (non-hydrogen) atoms. The quantitative estimate of drug-likeness (QED) is 0.451. The highest BCUT2D eigenvalue weighted by Gasteiger charge is 2.15. The van der Waals surface area contributed by atoms with Crippen molar-refractivity contribution in [1.82, 2.24) is 10.7 Å². The third kappa shape index (κ3) is 6.67. The number of rotatable bonds is 5. The van der Waals surface area contributed by atoms with Crippen LogP contribution in [-0.4, -0.2) is 23.6 Å². The molecule has 1 aliphatic rings. The number of nitrogens with one attached hydrogen (secondary N) is 2. The molecule has 0 atom stereocenters. The minimum atomic E-state index is -0.401. The number of amides is 2. The van der Waals surface area contributed by atoms with Crippen LogP contribution in [0.2, 0.25) is 10.0 Å². The van der Waals surface area contributed by atoms with E-state index in [1.165, 1.54) is 18.9 Å². The summed E-state index contributed by atoms with van der Waals surface area (Å²) in [5, 5.41) is 7.73. The maximum atomic E-state index is 12.1. The van der Waals surface area contributed by atoms with Gasteiger partial charge in [0.2, 0.25) is 5.91 Å². The van der Waals surface area contributed by atoms with E-state index in [1.54, 1.807) is 19.1 Å². The van der Waals surface area contributed by atoms with E-state index in [2.05, 4.69) is 15.8 Å². The smallest absolute Gasteiger partial charge is 0.271 e. The largest absolute Gasteiger partial charge is 0.353 e. The molecular weight excluding hydrogens is 361 g/mol. The van der Waals surface area contributed by atoms with Gasteiger partial charge >= 0.3 is 0 Å². The number of hydrogen-bond donors (Lipinski definition) is 2. The van der Waals surface area contributed by atoms with Crippen molar-refractivity contribution >= 4 is 40.7 Å². The summed E-state index contributed by atoms with van der Waals surface area (Å²) in [4.78, 5) is 24.1. The van der Waals surface area contributed by atoms with Crippen LogP contribution in [0.3, 0.4) is 0 Å². The van der Waals surface area contributed by atoms with Crippen LogP contribution < -0.4 is 10.7 Å². The summed E-state index contributed by atoms with van der Waals surface area (Å²) in [6.45, 7) is 1.71. The number of benzene rings is 1. The summed E-state index contributed by atoms with van der Waals surface area (Å²) in [6, 6.07) is 4.85. The van der Waals surface area contributed by atoms with Gasteiger partial charge < -0.3 is 5.32 Å². The monoisotopic (exact) mass is 383 g/mol. The normalized spacial score (nSPS) is 16.2. The average Bonchev–Trinajstić information content (AvgIpc) is 2.83. The molecule has 0 bridgehead atoms. The van der Waals surface area contributed by atoms with Crippen molar-refractivity contribution in [3.05, 3.63) is 33.8 Å². The summed E-state index contributed by atoms with van der Waals surface area (Å²) in [7, 11) is 0. The van der Waals surface area contributed by atoms with Gasteiger partial charge in [-0.05, 0) is 38.0 Å². The molecule has 0 aromatic heterocycles. The van der Waals surface area contributed by atoms with Gasteiger partial charge in [-0.2, -0.15) is 5.10 Å². The molecule has 136 valence electrons. The summed E-state index contributed by atoms with van der Waals surface area (Å²) in [5.41, 5.74) is 3.33. The fourth-order valence-corrected chi connectivity index (χ4v) is 3.12. The average molecular weight is 384 g/mol. The zero-order chi connectivity index (χ0) is 18.2. The molecule has 2 amide bonds. The first-order chi connectivity index (χ1) is 12.0. The Morgan fingerprint density at radius 1 is 1.12 bits per heavy atom. The first-order valence-corrected chi connectivity index (χ1v) is 9.29. The van der Waals surface area contributed by atoms with E-state index in [-0.39, 0.29) is 18.4 Å². The van der Waals surface area contributed by atoms with Crippen molar-refractivity contribution in [2.24, 2.45) is 5.10 Å². The van der Waals surface area contributed by atoms with Gasteiger partial charge in [-0.25, -0.2) is 5.43 Å². The van der Waals surface area contributed by atoms with E-state index in [9.17, 15) is 9.59 Å². The molecule has 1 saturated carbocycles. The van der Waals surface area contributed by atoms with Crippen LogP contribution in [0.25, 0.3) is 0 Å². The molecule has 1 fully saturated rings. The second kappa shape index (κ2) is 9.78. The van der Waals surface area contributed by atoms with Gasteiger partial charge in [0.1, 0.15) is 0 Å². The molecule has 1 aromatic carbocycles. The number of halogens is 2. The SMILES string of the molecule is C/C(CC(=O)NC1CCCCCC1)=N\NC(=O)c1ccc(Cl)c(Cl)c1. The van der Waals surface area contributed by atoms with E-state index in [4.69, 9.17) is 23.2 Å². The molecule has 1 aliphatic carbocycles. The number of carbonyl (C=O) groups excluding carboxylic acids is 2. The van der Waals surface area contributed by atoms with Crippen LogP contribution in [0, 0.1) is 0 Å². The minimum absolute atomic E-state index is 0.0584. The van der Waals surface area contributed by atoms with Crippen LogP contribution in [0.15, 0.2) is 23.3 Å². The molecule has 0 saturated heterocycles. The number of hydrazone groups is 1. The Labute approximate surface area is 158 Å². The third-order valence-corrected chi connectivity index (χ3v) is 4.91. The van der Waals surface area contributed by atoms with Gasteiger partial charge in [-0.3, -0.25) is 9.59 Å². The zero-order valence-electron chi connectivity index (χ0n) is 14.3. The third-order valence-electron chi connectivity index (χ3n) is 4.17. The number of hydrogen-bond acceptors (Lipinski definition) is 3. The molecule has 2 rings (SSSR count). The summed E-state index contributed by atoms with van der Waals surface area (Å²) in [6.07, 6.45) is 7.06. The zero-order valence-corrected chi connectivity index (χ0v) is 15.8. The van der Waals surface area contributed by atoms with Crippen LogP contribution >= 0.6 is 23.2 Å². The topological polar surface area (TPSA) is 70.6 Å². The van der Waals surface area contributed by atoms with Crippen LogP contribution in [0.5, 0.6) is 0 Å². The molecule has 0 spiro atoms. The van der Waals surface area contributed by atoms with E-state index in [0.29, 0.717) is 21.3 Å². The van der Waals surface area contributed by atoms with E-state index < -0.39 is 5.91 Å². The van der Waals surface area contributed by atoms with Crippen LogP contribution in [0.4, 0.5) is 0 Å². The molecule has 2 N–H and O–H groups in total. The molecule has 7 heteroatoms. The van der Waals surface area contributed by atoms with Crippen molar-refractivity contribution in [3.63, 3.8) is 0 Å². The fraction of sp³-hybridized carbons (Fsp3) is 0.500. The number of nitrogens with zero attached hydrogens (tertiary/aromatic N) is 1. The highest BCUT2D eigenvalue weighted by atomic mass is 35.5. The predicted octanol–water partition coefficient (Wildman–Crippen LogP) is 4.33. The van der Waals surface area contributed by atoms with Gasteiger partial charge in [-0.1, -0.05) is 48.9 Å². The maximum Gasteiger partial charge on any atom is 0.271 e. The van der Waals surface area contributed by atoms with Crippen molar-refractivity contribution in [1.29, 1.82) is 0 Å². The first kappa shape index (κ1) is 19.7. The second-order valence-corrected chi connectivity index (χ2v) is 7.16. The molecule has 5 nitrogen and oxygen atoms in total. The summed E-state index contributed by atoms with van der Waals surface area (Å²) in [5.74, 6) is -0.459. The Kier molecular flexibility index (Phi) is 7.72. The first-order valence-electron chi connectivity index (χ1n) is 8.53. The molecule has 1 aromatic rings. The minimum Gasteiger partial charge on any atom is -0.353 e. The maximum absolute atomic E-state index is 12.1. The standard InChI is InChI=1S/C18H23Cl2N3O2/c1-12(10-17(24)21-14-6-4-2-3-5-7-14)22-23-18(25)13-8-9-15(19)16(20)11-13/h8-9,11,14H,2-7,10H2,1H3,(H,21,24)(H,23,25)/b22-12+. The van der Waals surface area contributed by atoms with Crippen molar-refractivity contribution < 1.29 is 9.59 Å². The van der Waals surface area contributed by atoms with Gasteiger partial charge in [-0.15, -0.1) is 0 Å². The van der Waals surface area contributed by atoms with Crippen LogP contribution in [-0.2, 0) is 4.79 Å². The molecule has 0 radical (unpaired) electrons. The molecule has 0 unspecified atom stereocenters. The van der Waals surface area contributed by atoms with E-state index in [1.807, 2.05) is 0 Å². The Bertz CT molecular complexity index is 654. The van der Waals surface area contributed by atoms with E-state index >= 15 is 0 Å². The fourth-order valence-electron chi connectivity index (χ4n) is 2.82. The van der Waals surface area contributed by atoms with Crippen molar-refractivity contribution in [3.8, 4) is 0 Å². The Hall–Kier alpha value is -1.59. The Morgan fingerprint density at radius 2 is 1.80 bits per heavy atom. The van der Waals surface area contributed by atoms with Gasteiger partial charge in [0.05, 0.1) is 16.5 Å². The van der Waals surface area contributed by atoms with Crippen LogP contribution in [0.1, 0.15) is 62.2 Å². The van der Waals surface area contributed by atoms with Gasteiger partial charge in [0, 0.05) is 17.3 Å². The summed E-state index contributed by atoms with van der Waals surface area (Å²) < 4.78 is 0. The molecule has 0 heterocycles. The van der Waals surface area contributed by atoms with Crippen molar-refractivity contribution in [2.75, 3.05) is 0 Å². The lowest BCUT2D eigenvalue weighted by molar-refractivity contribution is -0.120. The lowest BCUT2D eigenvalue weighted by atomic mass is 10.1. The lowest BCUT2D eigenvalue weighted by Crippen LogP contribution is -2.35.